The summed E-state index contributed by atoms with van der Waals surface area (Å²) in [5.41, 5.74) is 0.325. The highest BCUT2D eigenvalue weighted by Crippen LogP contribution is 2.55. The van der Waals surface area contributed by atoms with Crippen molar-refractivity contribution in [2.75, 3.05) is 12.5 Å². The second-order valence-corrected chi connectivity index (χ2v) is 7.10. The first-order chi connectivity index (χ1) is 6.53. The van der Waals surface area contributed by atoms with E-state index in [0.29, 0.717) is 5.57 Å². The molecule has 0 heterocycles. The zero-order chi connectivity index (χ0) is 12.3. The molecule has 0 aliphatic heterocycles. The molecule has 0 spiro atoms. The molecule has 0 aromatic rings. The summed E-state index contributed by atoms with van der Waals surface area (Å²) in [5.74, 6) is -1.26. The van der Waals surface area contributed by atoms with Crippen molar-refractivity contribution in [3.63, 3.8) is 0 Å². The van der Waals surface area contributed by atoms with Gasteiger partial charge in [-0.3, -0.25) is 9.13 Å². The molecule has 4 N–H and O–H groups in total. The van der Waals surface area contributed by atoms with Crippen molar-refractivity contribution in [2.45, 2.75) is 13.0 Å². The molecule has 2 atom stereocenters. The molecule has 0 radical (unpaired) electrons. The molecule has 0 fully saturated rings. The van der Waals surface area contributed by atoms with E-state index in [1.54, 1.807) is 0 Å². The normalized spacial score (nSPS) is 18.2. The van der Waals surface area contributed by atoms with Gasteiger partial charge in [0, 0.05) is 0 Å². The van der Waals surface area contributed by atoms with Gasteiger partial charge >= 0.3 is 15.2 Å². The predicted octanol–water partition coefficient (Wildman–Crippen LogP) is 0.261. The van der Waals surface area contributed by atoms with Gasteiger partial charge in [0.15, 0.2) is 5.90 Å². The average molecular weight is 260 g/mol. The Morgan fingerprint density at radius 1 is 1.40 bits per heavy atom. The van der Waals surface area contributed by atoms with Gasteiger partial charge in [0.1, 0.15) is 0 Å². The fraction of sp³-hybridized carbons (Fsp3) is 0.667. The molecule has 0 aliphatic rings. The van der Waals surface area contributed by atoms with Gasteiger partial charge in [-0.05, 0) is 12.5 Å². The van der Waals surface area contributed by atoms with E-state index in [2.05, 4.69) is 11.1 Å². The van der Waals surface area contributed by atoms with Crippen LogP contribution in [-0.4, -0.2) is 38.4 Å². The van der Waals surface area contributed by atoms with E-state index in [1.807, 2.05) is 0 Å². The third kappa shape index (κ3) is 7.88. The zero-order valence-electron chi connectivity index (χ0n) is 8.11. The van der Waals surface area contributed by atoms with Crippen LogP contribution in [0.1, 0.15) is 6.92 Å². The highest BCUT2D eigenvalue weighted by atomic mass is 31.2. The minimum absolute atomic E-state index is 0.325. The molecule has 0 aliphatic carbocycles. The first-order valence-corrected chi connectivity index (χ1v) is 7.44. The van der Waals surface area contributed by atoms with Crippen LogP contribution >= 0.6 is 15.2 Å². The van der Waals surface area contributed by atoms with E-state index in [4.69, 9.17) is 19.8 Å². The Labute approximate surface area is 87.1 Å². The summed E-state index contributed by atoms with van der Waals surface area (Å²) in [6, 6.07) is 0. The van der Waals surface area contributed by atoms with Gasteiger partial charge in [-0.25, -0.2) is 0 Å². The summed E-state index contributed by atoms with van der Waals surface area (Å²) >= 11 is 0. The lowest BCUT2D eigenvalue weighted by Crippen LogP contribution is -2.15. The van der Waals surface area contributed by atoms with E-state index < -0.39 is 33.8 Å². The van der Waals surface area contributed by atoms with Crippen LogP contribution in [0.3, 0.4) is 0 Å². The summed E-state index contributed by atoms with van der Waals surface area (Å²) in [7, 11) is -8.98. The molecule has 0 saturated heterocycles. The highest BCUT2D eigenvalue weighted by molar-refractivity contribution is 7.70. The van der Waals surface area contributed by atoms with E-state index in [-0.39, 0.29) is 0 Å². The molecular weight excluding hydrogens is 246 g/mol. The lowest BCUT2D eigenvalue weighted by Gasteiger charge is -2.15. The molecule has 0 aromatic carbocycles. The van der Waals surface area contributed by atoms with Gasteiger partial charge in [-0.1, -0.05) is 6.58 Å². The molecule has 0 bridgehead atoms. The number of hydrogen-bond donors (Lipinski definition) is 4. The maximum atomic E-state index is 11.1. The molecule has 7 nitrogen and oxygen atoms in total. The van der Waals surface area contributed by atoms with Gasteiger partial charge in [-0.15, -0.1) is 0 Å². The highest BCUT2D eigenvalue weighted by Gasteiger charge is 2.31. The standard InChI is InChI=1S/C6H14O7P2/c1-5(2)6(7)3-13-15(11,12)4-14(8,9)10/h6-7H,1,3-4H2,2H3,(H,11,12)(H2,8,9,10). The Bertz CT molecular complexity index is 319. The van der Waals surface area contributed by atoms with Crippen molar-refractivity contribution in [1.29, 1.82) is 0 Å². The first kappa shape index (κ1) is 15.0. The van der Waals surface area contributed by atoms with Crippen molar-refractivity contribution < 1.29 is 33.4 Å². The summed E-state index contributed by atoms with van der Waals surface area (Å²) in [6.07, 6.45) is -1.14. The maximum absolute atomic E-state index is 11.1. The molecule has 0 saturated carbocycles. The molecular formula is C6H14O7P2. The number of rotatable bonds is 6. The summed E-state index contributed by atoms with van der Waals surface area (Å²) in [6.45, 7) is 4.34. The lowest BCUT2D eigenvalue weighted by atomic mass is 10.2. The minimum atomic E-state index is -4.61. The van der Waals surface area contributed by atoms with Crippen LogP contribution in [0, 0.1) is 0 Å². The van der Waals surface area contributed by atoms with E-state index >= 15 is 0 Å². The quantitative estimate of drug-likeness (QED) is 0.398. The van der Waals surface area contributed by atoms with Crippen LogP contribution in [0.15, 0.2) is 12.2 Å². The third-order valence-corrected chi connectivity index (χ3v) is 4.82. The second-order valence-electron chi connectivity index (χ2n) is 3.10. The van der Waals surface area contributed by atoms with E-state index in [0.717, 1.165) is 0 Å². The Morgan fingerprint density at radius 3 is 2.20 bits per heavy atom. The van der Waals surface area contributed by atoms with Crippen molar-refractivity contribution in [3.05, 3.63) is 12.2 Å². The van der Waals surface area contributed by atoms with Crippen molar-refractivity contribution in [2.24, 2.45) is 0 Å². The second kappa shape index (κ2) is 5.37. The van der Waals surface area contributed by atoms with Crippen LogP contribution < -0.4 is 0 Å². The van der Waals surface area contributed by atoms with Crippen LogP contribution in [0.2, 0.25) is 0 Å². The lowest BCUT2D eigenvalue weighted by molar-refractivity contribution is 0.126. The van der Waals surface area contributed by atoms with Gasteiger partial charge in [0.05, 0.1) is 12.7 Å². The maximum Gasteiger partial charge on any atom is 0.340 e. The first-order valence-electron chi connectivity index (χ1n) is 3.88. The van der Waals surface area contributed by atoms with Crippen LogP contribution in [-0.2, 0) is 13.7 Å². The predicted molar refractivity (Wildman–Crippen MR) is 53.5 cm³/mol. The molecule has 9 heteroatoms. The zero-order valence-corrected chi connectivity index (χ0v) is 9.90. The molecule has 90 valence electrons. The van der Waals surface area contributed by atoms with Crippen LogP contribution in [0.25, 0.3) is 0 Å². The smallest absolute Gasteiger partial charge is 0.340 e. The Kier molecular flexibility index (Phi) is 5.37. The molecule has 0 rings (SSSR count). The third-order valence-electron chi connectivity index (χ3n) is 1.37. The number of aliphatic hydroxyl groups is 1. The van der Waals surface area contributed by atoms with Gasteiger partial charge in [0.25, 0.3) is 0 Å². The van der Waals surface area contributed by atoms with Crippen LogP contribution in [0.4, 0.5) is 0 Å². The summed E-state index contributed by atoms with van der Waals surface area (Å²) < 4.78 is 25.8. The SMILES string of the molecule is C=C(C)C(O)COP(=O)(O)CP(=O)(O)O. The number of aliphatic hydroxyl groups excluding tert-OH is 1. The summed E-state index contributed by atoms with van der Waals surface area (Å²) in [5, 5.41) is 9.14. The van der Waals surface area contributed by atoms with Crippen molar-refractivity contribution >= 4 is 15.2 Å². The van der Waals surface area contributed by atoms with Crippen molar-refractivity contribution in [3.8, 4) is 0 Å². The van der Waals surface area contributed by atoms with Gasteiger partial charge in [0.2, 0.25) is 0 Å². The van der Waals surface area contributed by atoms with Gasteiger partial charge < -0.3 is 24.3 Å². The molecule has 0 aromatic heterocycles. The largest absolute Gasteiger partial charge is 0.386 e. The van der Waals surface area contributed by atoms with Crippen LogP contribution in [0.5, 0.6) is 0 Å². The fourth-order valence-electron chi connectivity index (χ4n) is 0.603. The Balaban J connectivity index is 4.23. The molecule has 2 unspecified atom stereocenters. The topological polar surface area (TPSA) is 124 Å². The molecule has 0 amide bonds. The molecule has 15 heavy (non-hydrogen) atoms. The average Bonchev–Trinajstić information content (AvgIpc) is 1.95. The van der Waals surface area contributed by atoms with E-state index in [9.17, 15) is 9.13 Å². The monoisotopic (exact) mass is 260 g/mol. The van der Waals surface area contributed by atoms with Gasteiger partial charge in [-0.2, -0.15) is 0 Å². The summed E-state index contributed by atoms with van der Waals surface area (Å²) in [4.78, 5) is 25.9. The number of hydrogen-bond acceptors (Lipinski definition) is 4. The minimum Gasteiger partial charge on any atom is -0.386 e. The van der Waals surface area contributed by atoms with Crippen molar-refractivity contribution in [1.82, 2.24) is 0 Å². The Morgan fingerprint density at radius 2 is 1.87 bits per heavy atom. The van der Waals surface area contributed by atoms with E-state index in [1.165, 1.54) is 6.92 Å². The Hall–Kier alpha value is 0.0000000000000000139. The fourth-order valence-corrected chi connectivity index (χ4v) is 3.17.